The van der Waals surface area contributed by atoms with Crippen molar-refractivity contribution in [3.05, 3.63) is 29.8 Å². The van der Waals surface area contributed by atoms with Crippen LogP contribution in [0.15, 0.2) is 24.3 Å². The highest BCUT2D eigenvalue weighted by Gasteiger charge is 2.24. The second kappa shape index (κ2) is 6.53. The molecule has 1 rings (SSSR count). The van der Waals surface area contributed by atoms with Crippen LogP contribution in [0.2, 0.25) is 0 Å². The molecule has 0 spiro atoms. The minimum absolute atomic E-state index is 0.268. The maximum absolute atomic E-state index is 12.1. The maximum Gasteiger partial charge on any atom is 0.324 e. The number of hydrogen-bond acceptors (Lipinski definition) is 3. The predicted molar refractivity (Wildman–Crippen MR) is 73.4 cm³/mol. The molecule has 0 aliphatic rings. The molecular formula is C12H18N2O4S. The number of carboxylic acids is 1. The molecule has 0 atom stereocenters. The number of nitrogens with one attached hydrogen (secondary N) is 1. The summed E-state index contributed by atoms with van der Waals surface area (Å²) >= 11 is 0. The molecule has 0 saturated carbocycles. The smallest absolute Gasteiger partial charge is 0.324 e. The van der Waals surface area contributed by atoms with Gasteiger partial charge in [0.05, 0.1) is 5.69 Å². The van der Waals surface area contributed by atoms with Gasteiger partial charge in [-0.1, -0.05) is 24.6 Å². The summed E-state index contributed by atoms with van der Waals surface area (Å²) in [5.74, 6) is -1.21. The van der Waals surface area contributed by atoms with Crippen molar-refractivity contribution in [2.45, 2.75) is 20.3 Å². The molecule has 0 aliphatic heterocycles. The number of aliphatic carboxylic acids is 1. The molecule has 2 N–H and O–H groups in total. The van der Waals surface area contributed by atoms with Gasteiger partial charge in [-0.25, -0.2) is 4.31 Å². The van der Waals surface area contributed by atoms with Gasteiger partial charge in [0, 0.05) is 6.54 Å². The van der Waals surface area contributed by atoms with Crippen LogP contribution in [0.4, 0.5) is 5.69 Å². The molecule has 0 heterocycles. The summed E-state index contributed by atoms with van der Waals surface area (Å²) < 4.78 is 27.3. The Bertz CT molecular complexity index is 525. The van der Waals surface area contributed by atoms with Gasteiger partial charge in [-0.2, -0.15) is 13.1 Å². The highest BCUT2D eigenvalue weighted by atomic mass is 32.2. The Kier molecular flexibility index (Phi) is 5.31. The van der Waals surface area contributed by atoms with Crippen molar-refractivity contribution in [3.63, 3.8) is 0 Å². The SMILES string of the molecule is CCCNS(=O)(=O)N(CC(=O)O)c1ccc(C)cc1. The van der Waals surface area contributed by atoms with Crippen LogP contribution in [0.25, 0.3) is 0 Å². The minimum Gasteiger partial charge on any atom is -0.480 e. The van der Waals surface area contributed by atoms with E-state index in [-0.39, 0.29) is 6.54 Å². The van der Waals surface area contributed by atoms with Crippen LogP contribution < -0.4 is 9.03 Å². The first-order valence-corrected chi connectivity index (χ1v) is 7.36. The van der Waals surface area contributed by atoms with E-state index >= 15 is 0 Å². The van der Waals surface area contributed by atoms with Gasteiger partial charge in [-0.3, -0.25) is 4.79 Å². The van der Waals surface area contributed by atoms with Crippen LogP contribution in [-0.4, -0.2) is 32.6 Å². The van der Waals surface area contributed by atoms with Gasteiger partial charge >= 0.3 is 16.2 Å². The van der Waals surface area contributed by atoms with Crippen molar-refractivity contribution in [2.24, 2.45) is 0 Å². The van der Waals surface area contributed by atoms with Gasteiger partial charge < -0.3 is 5.11 Å². The quantitative estimate of drug-likeness (QED) is 0.786. The fourth-order valence-corrected chi connectivity index (χ4v) is 2.76. The summed E-state index contributed by atoms with van der Waals surface area (Å²) in [4.78, 5) is 10.8. The zero-order valence-corrected chi connectivity index (χ0v) is 11.8. The lowest BCUT2D eigenvalue weighted by Gasteiger charge is -2.22. The molecule has 0 aliphatic carbocycles. The number of benzene rings is 1. The Hall–Kier alpha value is -1.60. The Balaban J connectivity index is 3.07. The van der Waals surface area contributed by atoms with E-state index < -0.39 is 22.7 Å². The number of rotatable bonds is 7. The molecule has 1 aromatic carbocycles. The second-order valence-corrected chi connectivity index (χ2v) is 5.81. The molecule has 106 valence electrons. The number of aryl methyl sites for hydroxylation is 1. The van der Waals surface area contributed by atoms with Gasteiger partial charge in [-0.15, -0.1) is 0 Å². The monoisotopic (exact) mass is 286 g/mol. The average Bonchev–Trinajstić information content (AvgIpc) is 2.34. The normalized spacial score (nSPS) is 11.3. The van der Waals surface area contributed by atoms with Crippen molar-refractivity contribution >= 4 is 21.9 Å². The average molecular weight is 286 g/mol. The lowest BCUT2D eigenvalue weighted by atomic mass is 10.2. The molecule has 0 amide bonds. The molecule has 19 heavy (non-hydrogen) atoms. The molecule has 6 nitrogen and oxygen atoms in total. The molecule has 0 radical (unpaired) electrons. The molecule has 0 fully saturated rings. The summed E-state index contributed by atoms with van der Waals surface area (Å²) in [6, 6.07) is 6.64. The number of hydrogen-bond donors (Lipinski definition) is 2. The van der Waals surface area contributed by atoms with Gasteiger partial charge in [0.15, 0.2) is 0 Å². The van der Waals surface area contributed by atoms with E-state index in [1.165, 1.54) is 0 Å². The van der Waals surface area contributed by atoms with Crippen LogP contribution in [0.5, 0.6) is 0 Å². The predicted octanol–water partition coefficient (Wildman–Crippen LogP) is 1.13. The third kappa shape index (κ3) is 4.53. The topological polar surface area (TPSA) is 86.7 Å². The Morgan fingerprint density at radius 3 is 2.37 bits per heavy atom. The summed E-state index contributed by atoms with van der Waals surface area (Å²) in [7, 11) is -3.84. The van der Waals surface area contributed by atoms with Crippen molar-refractivity contribution < 1.29 is 18.3 Å². The highest BCUT2D eigenvalue weighted by Crippen LogP contribution is 2.17. The lowest BCUT2D eigenvalue weighted by molar-refractivity contribution is -0.135. The minimum atomic E-state index is -3.84. The number of anilines is 1. The number of nitrogens with zero attached hydrogens (tertiary/aromatic N) is 1. The highest BCUT2D eigenvalue weighted by molar-refractivity contribution is 7.90. The first-order valence-electron chi connectivity index (χ1n) is 5.92. The molecular weight excluding hydrogens is 268 g/mol. The van der Waals surface area contributed by atoms with Crippen molar-refractivity contribution in [1.82, 2.24) is 4.72 Å². The van der Waals surface area contributed by atoms with Crippen molar-refractivity contribution in [3.8, 4) is 0 Å². The van der Waals surface area contributed by atoms with Gasteiger partial charge in [-0.05, 0) is 25.5 Å². The van der Waals surface area contributed by atoms with E-state index in [0.29, 0.717) is 12.1 Å². The fraction of sp³-hybridized carbons (Fsp3) is 0.417. The third-order valence-electron chi connectivity index (χ3n) is 2.43. The van der Waals surface area contributed by atoms with Crippen LogP contribution in [0, 0.1) is 6.92 Å². The molecule has 0 bridgehead atoms. The molecule has 0 unspecified atom stereocenters. The van der Waals surface area contributed by atoms with Crippen molar-refractivity contribution in [2.75, 3.05) is 17.4 Å². The molecule has 0 aromatic heterocycles. The zero-order chi connectivity index (χ0) is 14.5. The number of carboxylic acid groups (broad SMARTS) is 1. The molecule has 0 saturated heterocycles. The van der Waals surface area contributed by atoms with Gasteiger partial charge in [0.2, 0.25) is 0 Å². The lowest BCUT2D eigenvalue weighted by Crippen LogP contribution is -2.43. The third-order valence-corrected chi connectivity index (χ3v) is 3.91. The van der Waals surface area contributed by atoms with Crippen LogP contribution in [0.1, 0.15) is 18.9 Å². The maximum atomic E-state index is 12.1. The van der Waals surface area contributed by atoms with Crippen molar-refractivity contribution in [1.29, 1.82) is 0 Å². The van der Waals surface area contributed by atoms with Gasteiger partial charge in [0.25, 0.3) is 0 Å². The summed E-state index contributed by atoms with van der Waals surface area (Å²) in [5, 5.41) is 8.85. The summed E-state index contributed by atoms with van der Waals surface area (Å²) in [6.45, 7) is 3.36. The first-order chi connectivity index (χ1) is 8.86. The van der Waals surface area contributed by atoms with E-state index in [1.54, 1.807) is 24.3 Å². The Labute approximate surface area is 113 Å². The molecule has 1 aromatic rings. The second-order valence-electron chi connectivity index (χ2n) is 4.14. The van der Waals surface area contributed by atoms with E-state index in [0.717, 1.165) is 9.87 Å². The summed E-state index contributed by atoms with van der Waals surface area (Å²) in [5.41, 5.74) is 1.30. The largest absolute Gasteiger partial charge is 0.480 e. The Morgan fingerprint density at radius 1 is 1.32 bits per heavy atom. The van der Waals surface area contributed by atoms with E-state index in [1.807, 2.05) is 13.8 Å². The van der Waals surface area contributed by atoms with E-state index in [9.17, 15) is 13.2 Å². The first kappa shape index (κ1) is 15.5. The summed E-state index contributed by atoms with van der Waals surface area (Å²) in [6.07, 6.45) is 0.633. The number of carbonyl (C=O) groups is 1. The van der Waals surface area contributed by atoms with Gasteiger partial charge in [0.1, 0.15) is 6.54 Å². The van der Waals surface area contributed by atoms with Crippen LogP contribution in [0.3, 0.4) is 0 Å². The fourth-order valence-electron chi connectivity index (χ4n) is 1.46. The van der Waals surface area contributed by atoms with E-state index in [4.69, 9.17) is 5.11 Å². The standard InChI is InChI=1S/C12H18N2O4S/c1-3-8-13-19(17,18)14(9-12(15)16)11-6-4-10(2)5-7-11/h4-7,13H,3,8-9H2,1-2H3,(H,15,16). The van der Waals surface area contributed by atoms with E-state index in [2.05, 4.69) is 4.72 Å². The molecule has 7 heteroatoms. The zero-order valence-electron chi connectivity index (χ0n) is 11.0. The van der Waals surface area contributed by atoms with Crippen LogP contribution in [-0.2, 0) is 15.0 Å². The van der Waals surface area contributed by atoms with Crippen LogP contribution >= 0.6 is 0 Å². The Morgan fingerprint density at radius 2 is 1.89 bits per heavy atom.